The molecule has 0 saturated heterocycles. The van der Waals surface area contributed by atoms with Crippen molar-refractivity contribution in [2.24, 2.45) is 0 Å². The molecule has 10 nitrogen and oxygen atoms in total. The Kier molecular flexibility index (Phi) is 7.17. The summed E-state index contributed by atoms with van der Waals surface area (Å²) in [6, 6.07) is 6.09. The monoisotopic (exact) mass is 571 g/mol. The van der Waals surface area contributed by atoms with Gasteiger partial charge < -0.3 is 9.64 Å². The lowest BCUT2D eigenvalue weighted by Gasteiger charge is -2.43. The number of nitro groups is 2. The summed E-state index contributed by atoms with van der Waals surface area (Å²) in [7, 11) is 0. The van der Waals surface area contributed by atoms with Crippen LogP contribution in [0.15, 0.2) is 52.9 Å². The van der Waals surface area contributed by atoms with Gasteiger partial charge in [-0.05, 0) is 56.4 Å². The number of hydrogen-bond donors (Lipinski definition) is 0. The Morgan fingerprint density at radius 1 is 0.897 bits per heavy atom. The number of rotatable bonds is 6. The third-order valence-electron chi connectivity index (χ3n) is 7.32. The predicted octanol–water partition coefficient (Wildman–Crippen LogP) is 7.04. The van der Waals surface area contributed by atoms with Crippen LogP contribution in [0.25, 0.3) is 0 Å². The van der Waals surface area contributed by atoms with Gasteiger partial charge >= 0.3 is 5.69 Å². The van der Waals surface area contributed by atoms with Gasteiger partial charge in [0.25, 0.3) is 5.69 Å². The van der Waals surface area contributed by atoms with E-state index in [0.29, 0.717) is 36.1 Å². The van der Waals surface area contributed by atoms with Crippen LogP contribution >= 0.6 is 23.2 Å². The molecule has 0 N–H and O–H groups in total. The summed E-state index contributed by atoms with van der Waals surface area (Å²) in [5, 5.41) is 22.7. The Hall–Kier alpha value is -3.76. The molecule has 0 radical (unpaired) electrons. The second kappa shape index (κ2) is 10.4. The number of non-ortho nitro benzene ring substituents is 1. The molecule has 0 bridgehead atoms. The largest absolute Gasteiger partial charge is 0.447 e. The highest BCUT2D eigenvalue weighted by Crippen LogP contribution is 2.51. The van der Waals surface area contributed by atoms with Gasteiger partial charge in [-0.15, -0.1) is 0 Å². The zero-order valence-corrected chi connectivity index (χ0v) is 22.4. The average molecular weight is 572 g/mol. The van der Waals surface area contributed by atoms with Gasteiger partial charge in [-0.3, -0.25) is 29.8 Å². The number of ketones is 2. The van der Waals surface area contributed by atoms with Gasteiger partial charge in [0.2, 0.25) is 5.75 Å². The Morgan fingerprint density at radius 2 is 1.46 bits per heavy atom. The van der Waals surface area contributed by atoms with Crippen LogP contribution in [0.1, 0.15) is 56.9 Å². The van der Waals surface area contributed by atoms with E-state index in [0.717, 1.165) is 55.3 Å². The number of nitro benzene ring substituents is 2. The van der Waals surface area contributed by atoms with Crippen LogP contribution in [0, 0.1) is 20.2 Å². The van der Waals surface area contributed by atoms with Crippen LogP contribution in [0.3, 0.4) is 0 Å². The van der Waals surface area contributed by atoms with Crippen molar-refractivity contribution < 1.29 is 24.2 Å². The van der Waals surface area contributed by atoms with E-state index in [1.165, 1.54) is 0 Å². The Balaban J connectivity index is 1.62. The van der Waals surface area contributed by atoms with E-state index >= 15 is 0 Å². The maximum absolute atomic E-state index is 13.3. The molecule has 39 heavy (non-hydrogen) atoms. The molecule has 0 fully saturated rings. The first-order valence-electron chi connectivity index (χ1n) is 12.5. The zero-order valence-electron chi connectivity index (χ0n) is 20.9. The topological polar surface area (TPSA) is 133 Å². The summed E-state index contributed by atoms with van der Waals surface area (Å²) < 4.78 is 5.71. The molecular weight excluding hydrogens is 549 g/mol. The Morgan fingerprint density at radius 3 is 1.95 bits per heavy atom. The van der Waals surface area contributed by atoms with Crippen LogP contribution in [-0.4, -0.2) is 32.9 Å². The standard InChI is InChI=1S/C27H23Cl2N3O7/c1-2-30-18-5-3-7-21(33)25(18)24(26-19(30)6-4-8-22(26)34)14-11-16(28)27(17(29)12-14)39-23-10-9-15(31(35)36)13-20(23)32(37)38/h9-13,24H,2-8H2,1H3. The van der Waals surface area contributed by atoms with E-state index < -0.39 is 27.1 Å². The second-order valence-corrected chi connectivity index (χ2v) is 10.3. The van der Waals surface area contributed by atoms with E-state index in [-0.39, 0.29) is 33.1 Å². The van der Waals surface area contributed by atoms with Gasteiger partial charge in [-0.1, -0.05) is 23.2 Å². The third kappa shape index (κ3) is 4.68. The Labute approximate surface area is 233 Å². The first-order valence-corrected chi connectivity index (χ1v) is 13.3. The zero-order chi connectivity index (χ0) is 28.0. The molecule has 0 spiro atoms. The van der Waals surface area contributed by atoms with E-state index in [1.807, 2.05) is 6.92 Å². The molecule has 12 heteroatoms. The van der Waals surface area contributed by atoms with Gasteiger partial charge in [0.1, 0.15) is 0 Å². The lowest BCUT2D eigenvalue weighted by molar-refractivity contribution is -0.394. The molecule has 0 aromatic heterocycles. The number of carbonyl (C=O) groups excluding carboxylic acids is 2. The molecule has 202 valence electrons. The van der Waals surface area contributed by atoms with E-state index in [1.54, 1.807) is 12.1 Å². The Bertz CT molecular complexity index is 1450. The molecule has 5 rings (SSSR count). The fourth-order valence-electron chi connectivity index (χ4n) is 5.73. The molecule has 1 aliphatic heterocycles. The molecule has 0 amide bonds. The van der Waals surface area contributed by atoms with Crippen LogP contribution < -0.4 is 4.74 Å². The molecule has 3 aliphatic rings. The van der Waals surface area contributed by atoms with E-state index in [9.17, 15) is 29.8 Å². The van der Waals surface area contributed by atoms with Gasteiger partial charge in [0, 0.05) is 53.9 Å². The van der Waals surface area contributed by atoms with E-state index in [4.69, 9.17) is 27.9 Å². The predicted molar refractivity (Wildman–Crippen MR) is 143 cm³/mol. The SMILES string of the molecule is CCN1C2=C(C(=O)CCC2)C(c2cc(Cl)c(Oc3ccc([N+](=O)[O-])cc3[N+](=O)[O-])c(Cl)c2)C2=C1CCCC2=O. The van der Waals surface area contributed by atoms with Crippen molar-refractivity contribution in [1.82, 2.24) is 4.90 Å². The summed E-state index contributed by atoms with van der Waals surface area (Å²) in [6.45, 7) is 2.65. The van der Waals surface area contributed by atoms with Crippen LogP contribution in [-0.2, 0) is 9.59 Å². The third-order valence-corrected chi connectivity index (χ3v) is 7.88. The highest BCUT2D eigenvalue weighted by molar-refractivity contribution is 6.37. The van der Waals surface area contributed by atoms with Crippen molar-refractivity contribution in [3.05, 3.63) is 88.7 Å². The van der Waals surface area contributed by atoms with Gasteiger partial charge in [-0.2, -0.15) is 0 Å². The maximum atomic E-state index is 13.3. The lowest BCUT2D eigenvalue weighted by Crippen LogP contribution is -2.39. The highest BCUT2D eigenvalue weighted by Gasteiger charge is 2.43. The number of Topliss-reactive ketones (excluding diaryl/α,β-unsaturated/α-hetero) is 2. The first kappa shape index (κ1) is 26.8. The summed E-state index contributed by atoms with van der Waals surface area (Å²) in [5.41, 5.74) is 2.49. The fraction of sp³-hybridized carbons (Fsp3) is 0.333. The van der Waals surface area contributed by atoms with Crippen molar-refractivity contribution in [3.63, 3.8) is 0 Å². The maximum Gasteiger partial charge on any atom is 0.318 e. The molecule has 0 saturated carbocycles. The number of hydrogen-bond acceptors (Lipinski definition) is 8. The molecule has 2 aromatic carbocycles. The normalized spacial score (nSPS) is 17.8. The number of nitrogens with zero attached hydrogens (tertiary/aromatic N) is 3. The van der Waals surface area contributed by atoms with Gasteiger partial charge in [-0.25, -0.2) is 0 Å². The smallest absolute Gasteiger partial charge is 0.318 e. The van der Waals surface area contributed by atoms with Gasteiger partial charge in [0.05, 0.1) is 26.0 Å². The summed E-state index contributed by atoms with van der Waals surface area (Å²) in [4.78, 5) is 49.8. The molecule has 2 aromatic rings. The van der Waals surface area contributed by atoms with Crippen molar-refractivity contribution in [2.45, 2.75) is 51.4 Å². The van der Waals surface area contributed by atoms with Gasteiger partial charge in [0.15, 0.2) is 17.3 Å². The minimum absolute atomic E-state index is 0.0129. The van der Waals surface area contributed by atoms with Crippen LogP contribution in [0.4, 0.5) is 11.4 Å². The second-order valence-electron chi connectivity index (χ2n) is 9.53. The fourth-order valence-corrected chi connectivity index (χ4v) is 6.31. The average Bonchev–Trinajstić information content (AvgIpc) is 2.89. The molecule has 1 heterocycles. The van der Waals surface area contributed by atoms with Crippen LogP contribution in [0.5, 0.6) is 11.5 Å². The minimum atomic E-state index is -0.800. The van der Waals surface area contributed by atoms with E-state index in [2.05, 4.69) is 4.90 Å². The molecular formula is C27H23Cl2N3O7. The quantitative estimate of drug-likeness (QED) is 0.266. The summed E-state index contributed by atoms with van der Waals surface area (Å²) in [6.07, 6.45) is 3.69. The number of carbonyl (C=O) groups is 2. The van der Waals surface area contributed by atoms with Crippen molar-refractivity contribution >= 4 is 46.1 Å². The first-order chi connectivity index (χ1) is 18.6. The summed E-state index contributed by atoms with van der Waals surface area (Å²) >= 11 is 13.2. The minimum Gasteiger partial charge on any atom is -0.447 e. The summed E-state index contributed by atoms with van der Waals surface area (Å²) in [5.74, 6) is -1.02. The van der Waals surface area contributed by atoms with Crippen molar-refractivity contribution in [3.8, 4) is 11.5 Å². The number of allylic oxidation sites excluding steroid dienone is 4. The van der Waals surface area contributed by atoms with Crippen molar-refractivity contribution in [2.75, 3.05) is 6.54 Å². The van der Waals surface area contributed by atoms with Crippen LogP contribution in [0.2, 0.25) is 10.0 Å². The lowest BCUT2D eigenvalue weighted by atomic mass is 9.71. The highest BCUT2D eigenvalue weighted by atomic mass is 35.5. The number of halogens is 2. The molecule has 0 unspecified atom stereocenters. The molecule has 0 atom stereocenters. The van der Waals surface area contributed by atoms with Crippen molar-refractivity contribution in [1.29, 1.82) is 0 Å². The number of benzene rings is 2. The number of ether oxygens (including phenoxy) is 1. The molecule has 2 aliphatic carbocycles.